The van der Waals surface area contributed by atoms with Crippen molar-refractivity contribution in [1.29, 1.82) is 0 Å². The molecule has 184 valence electrons. The SMILES string of the molecule is O=C(CCc1nnc2ccc(N3CCC4(CC3)OCCO4)nn12)N1CCN(c2ccccn2)CC1. The van der Waals surface area contributed by atoms with Crippen LogP contribution in [0.5, 0.6) is 0 Å². The Balaban J connectivity index is 1.06. The molecule has 6 heterocycles. The maximum atomic E-state index is 12.9. The van der Waals surface area contributed by atoms with Gasteiger partial charge in [0.05, 0.1) is 13.2 Å². The molecule has 0 N–H and O–H groups in total. The molecule has 3 aliphatic rings. The van der Waals surface area contributed by atoms with Crippen LogP contribution in [0, 0.1) is 0 Å². The van der Waals surface area contributed by atoms with Gasteiger partial charge in [-0.2, -0.15) is 4.52 Å². The first-order valence-electron chi connectivity index (χ1n) is 12.4. The Morgan fingerprint density at radius 1 is 0.886 bits per heavy atom. The lowest BCUT2D eigenvalue weighted by atomic mass is 10.0. The van der Waals surface area contributed by atoms with Gasteiger partial charge in [-0.25, -0.2) is 4.98 Å². The van der Waals surface area contributed by atoms with Crippen LogP contribution in [0.1, 0.15) is 25.1 Å². The number of piperazine rings is 1. The number of nitrogens with zero attached hydrogens (tertiary/aromatic N) is 8. The average molecular weight is 479 g/mol. The molecule has 0 bridgehead atoms. The van der Waals surface area contributed by atoms with Gasteiger partial charge in [0.1, 0.15) is 11.6 Å². The smallest absolute Gasteiger partial charge is 0.223 e. The number of carbonyl (C=O) groups is 1. The van der Waals surface area contributed by atoms with E-state index in [1.54, 1.807) is 10.7 Å². The molecule has 0 saturated carbocycles. The number of ether oxygens (including phenoxy) is 2. The van der Waals surface area contributed by atoms with Crippen LogP contribution in [0.2, 0.25) is 0 Å². The second-order valence-corrected chi connectivity index (χ2v) is 9.23. The van der Waals surface area contributed by atoms with Crippen molar-refractivity contribution in [2.24, 2.45) is 0 Å². The van der Waals surface area contributed by atoms with E-state index in [4.69, 9.17) is 14.6 Å². The fourth-order valence-electron chi connectivity index (χ4n) is 5.11. The number of hydrogen-bond donors (Lipinski definition) is 0. The maximum absolute atomic E-state index is 12.9. The van der Waals surface area contributed by atoms with Gasteiger partial charge in [0.15, 0.2) is 17.3 Å². The normalized spacial score (nSPS) is 20.2. The van der Waals surface area contributed by atoms with Crippen LogP contribution >= 0.6 is 0 Å². The van der Waals surface area contributed by atoms with Crippen LogP contribution < -0.4 is 9.80 Å². The molecule has 1 spiro atoms. The molecule has 3 aliphatic heterocycles. The predicted octanol–water partition coefficient (Wildman–Crippen LogP) is 1.14. The number of aryl methyl sites for hydroxylation is 1. The third-order valence-electron chi connectivity index (χ3n) is 7.14. The summed E-state index contributed by atoms with van der Waals surface area (Å²) in [5.74, 6) is 2.27. The zero-order valence-corrected chi connectivity index (χ0v) is 19.8. The van der Waals surface area contributed by atoms with Crippen molar-refractivity contribution in [1.82, 2.24) is 29.7 Å². The van der Waals surface area contributed by atoms with Gasteiger partial charge >= 0.3 is 0 Å². The number of amides is 1. The molecule has 3 fully saturated rings. The van der Waals surface area contributed by atoms with Crippen LogP contribution in [-0.2, 0) is 20.7 Å². The second-order valence-electron chi connectivity index (χ2n) is 9.23. The molecule has 35 heavy (non-hydrogen) atoms. The molecule has 0 aromatic carbocycles. The zero-order chi connectivity index (χ0) is 23.7. The first-order valence-corrected chi connectivity index (χ1v) is 12.4. The van der Waals surface area contributed by atoms with Crippen LogP contribution in [0.25, 0.3) is 5.65 Å². The van der Waals surface area contributed by atoms with E-state index >= 15 is 0 Å². The number of carbonyl (C=O) groups excluding carboxylic acids is 1. The van der Waals surface area contributed by atoms with Gasteiger partial charge < -0.3 is 24.2 Å². The third-order valence-corrected chi connectivity index (χ3v) is 7.14. The summed E-state index contributed by atoms with van der Waals surface area (Å²) in [5.41, 5.74) is 0.691. The minimum atomic E-state index is -0.411. The van der Waals surface area contributed by atoms with Crippen molar-refractivity contribution < 1.29 is 14.3 Å². The molecule has 11 nitrogen and oxygen atoms in total. The van der Waals surface area contributed by atoms with E-state index in [2.05, 4.69) is 25.0 Å². The first kappa shape index (κ1) is 22.2. The first-order chi connectivity index (χ1) is 17.2. The van der Waals surface area contributed by atoms with Gasteiger partial charge in [0, 0.05) is 71.1 Å². The van der Waals surface area contributed by atoms with Gasteiger partial charge in [-0.05, 0) is 24.3 Å². The summed E-state index contributed by atoms with van der Waals surface area (Å²) in [6.45, 7) is 5.95. The largest absolute Gasteiger partial charge is 0.355 e. The summed E-state index contributed by atoms with van der Waals surface area (Å²) in [7, 11) is 0. The third kappa shape index (κ3) is 4.53. The number of anilines is 2. The van der Waals surface area contributed by atoms with E-state index in [0.717, 1.165) is 50.7 Å². The molecule has 0 aliphatic carbocycles. The summed E-state index contributed by atoms with van der Waals surface area (Å²) >= 11 is 0. The number of aromatic nitrogens is 5. The van der Waals surface area contributed by atoms with Gasteiger partial charge in [0.25, 0.3) is 0 Å². The standard InChI is InChI=1S/C24H30N8O3/c33-23(31-15-13-30(14-16-31)19-3-1-2-10-25-19)7-6-21-27-26-20-4-5-22(28-32(20)21)29-11-8-24(9-12-29)34-17-18-35-24/h1-5,10H,6-9,11-18H2. The Morgan fingerprint density at radius 3 is 2.40 bits per heavy atom. The van der Waals surface area contributed by atoms with Crippen LogP contribution in [-0.4, -0.2) is 93.9 Å². The molecule has 1 amide bonds. The lowest BCUT2D eigenvalue weighted by Crippen LogP contribution is -2.49. The number of rotatable bonds is 5. The fourth-order valence-corrected chi connectivity index (χ4v) is 5.11. The molecule has 0 atom stereocenters. The molecule has 3 aromatic heterocycles. The van der Waals surface area contributed by atoms with Crippen molar-refractivity contribution in [2.75, 3.05) is 62.3 Å². The van der Waals surface area contributed by atoms with Gasteiger partial charge in [0.2, 0.25) is 5.91 Å². The molecule has 0 radical (unpaired) electrons. The highest BCUT2D eigenvalue weighted by molar-refractivity contribution is 5.76. The molecule has 11 heteroatoms. The molecule has 6 rings (SSSR count). The summed E-state index contributed by atoms with van der Waals surface area (Å²) in [6, 6.07) is 9.83. The molecule has 0 unspecified atom stereocenters. The van der Waals surface area contributed by atoms with Crippen molar-refractivity contribution >= 4 is 23.2 Å². The Kier molecular flexibility index (Phi) is 5.95. The van der Waals surface area contributed by atoms with E-state index < -0.39 is 5.79 Å². The van der Waals surface area contributed by atoms with Crippen LogP contribution in [0.3, 0.4) is 0 Å². The highest BCUT2D eigenvalue weighted by Gasteiger charge is 2.40. The minimum absolute atomic E-state index is 0.136. The summed E-state index contributed by atoms with van der Waals surface area (Å²) < 4.78 is 13.5. The number of piperidine rings is 1. The van der Waals surface area contributed by atoms with Crippen molar-refractivity contribution in [3.05, 3.63) is 42.4 Å². The van der Waals surface area contributed by atoms with Gasteiger partial charge in [-0.15, -0.1) is 15.3 Å². The Labute approximate surface area is 203 Å². The van der Waals surface area contributed by atoms with Crippen molar-refractivity contribution in [2.45, 2.75) is 31.5 Å². The summed E-state index contributed by atoms with van der Waals surface area (Å²) in [5, 5.41) is 13.4. The molecule has 3 saturated heterocycles. The second kappa shape index (κ2) is 9.38. The Bertz CT molecular complexity index is 1160. The van der Waals surface area contributed by atoms with E-state index in [-0.39, 0.29) is 5.91 Å². The van der Waals surface area contributed by atoms with Crippen molar-refractivity contribution in [3.8, 4) is 0 Å². The van der Waals surface area contributed by atoms with E-state index in [9.17, 15) is 4.79 Å². The highest BCUT2D eigenvalue weighted by atomic mass is 16.7. The molecular formula is C24H30N8O3. The summed E-state index contributed by atoms with van der Waals surface area (Å²) in [6.07, 6.45) is 4.34. The Morgan fingerprint density at radius 2 is 1.66 bits per heavy atom. The zero-order valence-electron chi connectivity index (χ0n) is 19.8. The predicted molar refractivity (Wildman–Crippen MR) is 128 cm³/mol. The van der Waals surface area contributed by atoms with Crippen LogP contribution in [0.4, 0.5) is 11.6 Å². The highest BCUT2D eigenvalue weighted by Crippen LogP contribution is 2.32. The summed E-state index contributed by atoms with van der Waals surface area (Å²) in [4.78, 5) is 23.7. The lowest BCUT2D eigenvalue weighted by Gasteiger charge is -2.38. The van der Waals surface area contributed by atoms with Gasteiger partial charge in [-0.1, -0.05) is 6.07 Å². The molecular weight excluding hydrogens is 448 g/mol. The van der Waals surface area contributed by atoms with E-state index in [1.807, 2.05) is 35.2 Å². The minimum Gasteiger partial charge on any atom is -0.355 e. The van der Waals surface area contributed by atoms with E-state index in [1.165, 1.54) is 0 Å². The number of fused-ring (bicyclic) bond motifs is 1. The quantitative estimate of drug-likeness (QED) is 0.534. The number of pyridine rings is 1. The maximum Gasteiger partial charge on any atom is 0.223 e. The monoisotopic (exact) mass is 478 g/mol. The fraction of sp³-hybridized carbons (Fsp3) is 0.542. The topological polar surface area (TPSA) is 101 Å². The Hall–Kier alpha value is -3.31. The van der Waals surface area contributed by atoms with Crippen LogP contribution in [0.15, 0.2) is 36.5 Å². The van der Waals surface area contributed by atoms with Crippen molar-refractivity contribution in [3.63, 3.8) is 0 Å². The van der Waals surface area contributed by atoms with E-state index in [0.29, 0.717) is 50.6 Å². The lowest BCUT2D eigenvalue weighted by molar-refractivity contribution is -0.169. The number of hydrogen-bond acceptors (Lipinski definition) is 9. The molecule has 3 aromatic rings. The average Bonchev–Trinajstić information content (AvgIpc) is 3.55. The van der Waals surface area contributed by atoms with Gasteiger partial charge in [-0.3, -0.25) is 4.79 Å².